The van der Waals surface area contributed by atoms with E-state index >= 15 is 0 Å². The Morgan fingerprint density at radius 2 is 1.97 bits per heavy atom. The maximum Gasteiger partial charge on any atom is 0.418 e. The first-order valence-electron chi connectivity index (χ1n) is 12.6. The summed E-state index contributed by atoms with van der Waals surface area (Å²) in [6, 6.07) is 5.76. The van der Waals surface area contributed by atoms with E-state index in [0.29, 0.717) is 15.8 Å². The first-order chi connectivity index (χ1) is 18.4. The van der Waals surface area contributed by atoms with Crippen LogP contribution in [0, 0.1) is 5.92 Å². The van der Waals surface area contributed by atoms with Gasteiger partial charge in [0.1, 0.15) is 12.6 Å². The summed E-state index contributed by atoms with van der Waals surface area (Å²) < 4.78 is 47.8. The van der Waals surface area contributed by atoms with Gasteiger partial charge in [0.2, 0.25) is 5.91 Å². The highest BCUT2D eigenvalue weighted by Gasteiger charge is 2.40. The van der Waals surface area contributed by atoms with Gasteiger partial charge in [-0.2, -0.15) is 13.2 Å². The molecule has 1 saturated carbocycles. The lowest BCUT2D eigenvalue weighted by Gasteiger charge is -2.33. The molecular weight excluding hydrogens is 557 g/mol. The standard InChI is InChI=1S/C26H30ClF3N4O4S/c1-15(2)13-34(16-3-4-16)20(12-31-25(37)21-7-8-22(27)39-21)24(36)32-19-6-5-17(11-18(19)26(28,29)30)33-9-10-38-14-23(33)35/h5-8,11,15-16,20H,3-4,9-10,12-14H2,1-2H3,(H,31,37)(H,32,36)/t20-/m0/s1. The summed E-state index contributed by atoms with van der Waals surface area (Å²) in [5, 5.41) is 5.21. The SMILES string of the molecule is CC(C)CN(C1CC1)[C@@H](CNC(=O)c1ccc(Cl)s1)C(=O)Nc1ccc(N2CCOCC2=O)cc1C(F)(F)F. The molecule has 2 aromatic rings. The lowest BCUT2D eigenvalue weighted by molar-refractivity contribution is -0.137. The average molecular weight is 587 g/mol. The monoisotopic (exact) mass is 586 g/mol. The summed E-state index contributed by atoms with van der Waals surface area (Å²) in [6.07, 6.45) is -3.06. The largest absolute Gasteiger partial charge is 0.418 e. The Labute approximate surface area is 233 Å². The van der Waals surface area contributed by atoms with Crippen LogP contribution in [0.1, 0.15) is 41.9 Å². The highest BCUT2D eigenvalue weighted by atomic mass is 35.5. The maximum atomic E-state index is 14.1. The lowest BCUT2D eigenvalue weighted by atomic mass is 10.1. The van der Waals surface area contributed by atoms with Crippen LogP contribution in [-0.2, 0) is 20.5 Å². The molecule has 212 valence electrons. The van der Waals surface area contributed by atoms with Crippen LogP contribution < -0.4 is 15.5 Å². The number of morpholine rings is 1. The maximum absolute atomic E-state index is 14.1. The Hall–Kier alpha value is -2.67. The van der Waals surface area contributed by atoms with Crippen LogP contribution in [0.4, 0.5) is 24.5 Å². The molecule has 1 atom stereocenters. The summed E-state index contributed by atoms with van der Waals surface area (Å²) in [5.74, 6) is -1.33. The van der Waals surface area contributed by atoms with Gasteiger partial charge < -0.3 is 20.3 Å². The lowest BCUT2D eigenvalue weighted by Crippen LogP contribution is -2.52. The van der Waals surface area contributed by atoms with E-state index in [4.69, 9.17) is 16.3 Å². The van der Waals surface area contributed by atoms with Crippen molar-refractivity contribution in [3.63, 3.8) is 0 Å². The summed E-state index contributed by atoms with van der Waals surface area (Å²) >= 11 is 7.02. The Kier molecular flexibility index (Phi) is 9.20. The fourth-order valence-electron chi connectivity index (χ4n) is 4.48. The number of hydrogen-bond acceptors (Lipinski definition) is 6. The molecule has 1 aliphatic carbocycles. The minimum absolute atomic E-state index is 0.0754. The Morgan fingerprint density at radius 3 is 2.56 bits per heavy atom. The number of carbonyl (C=O) groups is 3. The number of benzene rings is 1. The number of thiophene rings is 1. The second-order valence-electron chi connectivity index (χ2n) is 9.97. The zero-order valence-corrected chi connectivity index (χ0v) is 23.1. The van der Waals surface area contributed by atoms with Gasteiger partial charge >= 0.3 is 6.18 Å². The van der Waals surface area contributed by atoms with E-state index in [1.165, 1.54) is 11.0 Å². The van der Waals surface area contributed by atoms with Crippen molar-refractivity contribution in [2.75, 3.05) is 43.1 Å². The summed E-state index contributed by atoms with van der Waals surface area (Å²) in [6.45, 7) is 4.55. The topological polar surface area (TPSA) is 91.0 Å². The number of amides is 3. The molecule has 3 amide bonds. The Balaban J connectivity index is 1.59. The first-order valence-corrected chi connectivity index (χ1v) is 13.8. The number of ether oxygens (including phenoxy) is 1. The van der Waals surface area contributed by atoms with E-state index in [0.717, 1.165) is 36.3 Å². The highest BCUT2D eigenvalue weighted by molar-refractivity contribution is 7.18. The molecular formula is C26H30ClF3N4O4S. The third-order valence-electron chi connectivity index (χ3n) is 6.41. The number of anilines is 2. The third-order valence-corrected chi connectivity index (χ3v) is 7.64. The molecule has 39 heavy (non-hydrogen) atoms. The van der Waals surface area contributed by atoms with Gasteiger partial charge in [0.15, 0.2) is 0 Å². The van der Waals surface area contributed by atoms with Crippen molar-refractivity contribution in [3.8, 4) is 0 Å². The van der Waals surface area contributed by atoms with Crippen molar-refractivity contribution in [1.29, 1.82) is 0 Å². The van der Waals surface area contributed by atoms with Crippen molar-refractivity contribution in [2.24, 2.45) is 5.92 Å². The molecule has 2 aliphatic rings. The van der Waals surface area contributed by atoms with E-state index in [1.807, 2.05) is 18.7 Å². The molecule has 2 fully saturated rings. The fraction of sp³-hybridized carbons (Fsp3) is 0.500. The molecule has 0 spiro atoms. The quantitative estimate of drug-likeness (QED) is 0.423. The second kappa shape index (κ2) is 12.2. The molecule has 0 unspecified atom stereocenters. The molecule has 1 aromatic heterocycles. The molecule has 4 rings (SSSR count). The Bertz CT molecular complexity index is 1220. The molecule has 8 nitrogen and oxygen atoms in total. The van der Waals surface area contributed by atoms with Crippen molar-refractivity contribution >= 4 is 52.0 Å². The van der Waals surface area contributed by atoms with Crippen molar-refractivity contribution in [1.82, 2.24) is 10.2 Å². The van der Waals surface area contributed by atoms with Crippen molar-refractivity contribution in [3.05, 3.63) is 45.1 Å². The van der Waals surface area contributed by atoms with Gasteiger partial charge in [0.25, 0.3) is 11.8 Å². The van der Waals surface area contributed by atoms with E-state index < -0.39 is 41.2 Å². The number of halogens is 4. The molecule has 1 aromatic carbocycles. The molecule has 1 saturated heterocycles. The molecule has 1 aliphatic heterocycles. The number of nitrogens with zero attached hydrogens (tertiary/aromatic N) is 2. The summed E-state index contributed by atoms with van der Waals surface area (Å²) in [5.41, 5.74) is -1.41. The zero-order chi connectivity index (χ0) is 28.3. The van der Waals surface area contributed by atoms with Crippen LogP contribution in [0.3, 0.4) is 0 Å². The predicted octanol–water partition coefficient (Wildman–Crippen LogP) is 4.64. The average Bonchev–Trinajstić information content (AvgIpc) is 3.62. The van der Waals surface area contributed by atoms with E-state index in [2.05, 4.69) is 10.6 Å². The smallest absolute Gasteiger partial charge is 0.370 e. The van der Waals surface area contributed by atoms with Gasteiger partial charge in [0.05, 0.1) is 27.1 Å². The minimum atomic E-state index is -4.79. The number of alkyl halides is 3. The van der Waals surface area contributed by atoms with Crippen LogP contribution >= 0.6 is 22.9 Å². The predicted molar refractivity (Wildman–Crippen MR) is 143 cm³/mol. The van der Waals surface area contributed by atoms with Gasteiger partial charge in [-0.1, -0.05) is 25.4 Å². The van der Waals surface area contributed by atoms with Crippen molar-refractivity contribution < 1.29 is 32.3 Å². The van der Waals surface area contributed by atoms with Gasteiger partial charge in [0, 0.05) is 31.4 Å². The van der Waals surface area contributed by atoms with E-state index in [1.54, 1.807) is 12.1 Å². The molecule has 0 bridgehead atoms. The second-order valence-corrected chi connectivity index (χ2v) is 11.7. The molecule has 2 heterocycles. The van der Waals surface area contributed by atoms with E-state index in [9.17, 15) is 27.6 Å². The minimum Gasteiger partial charge on any atom is -0.370 e. The number of rotatable bonds is 10. The first kappa shape index (κ1) is 29.3. The molecule has 2 N–H and O–H groups in total. The number of carbonyl (C=O) groups excluding carboxylic acids is 3. The van der Waals surface area contributed by atoms with Crippen molar-refractivity contribution in [2.45, 2.75) is 44.9 Å². The normalized spacial score (nSPS) is 17.0. The van der Waals surface area contributed by atoms with Gasteiger partial charge in [-0.05, 0) is 49.1 Å². The van der Waals surface area contributed by atoms with Crippen LogP contribution in [0.15, 0.2) is 30.3 Å². The Morgan fingerprint density at radius 1 is 1.23 bits per heavy atom. The molecule has 0 radical (unpaired) electrons. The number of nitrogens with one attached hydrogen (secondary N) is 2. The van der Waals surface area contributed by atoms with Crippen LogP contribution in [-0.4, -0.2) is 67.6 Å². The van der Waals surface area contributed by atoms with Crippen LogP contribution in [0.5, 0.6) is 0 Å². The fourth-order valence-corrected chi connectivity index (χ4v) is 5.44. The van der Waals surface area contributed by atoms with Gasteiger partial charge in [-0.3, -0.25) is 19.3 Å². The summed E-state index contributed by atoms with van der Waals surface area (Å²) in [4.78, 5) is 42.0. The third kappa shape index (κ3) is 7.50. The van der Waals surface area contributed by atoms with E-state index in [-0.39, 0.29) is 44.0 Å². The van der Waals surface area contributed by atoms with Crippen LogP contribution in [0.2, 0.25) is 4.34 Å². The van der Waals surface area contributed by atoms with Gasteiger partial charge in [-0.25, -0.2) is 0 Å². The zero-order valence-electron chi connectivity index (χ0n) is 21.5. The van der Waals surface area contributed by atoms with Crippen LogP contribution in [0.25, 0.3) is 0 Å². The highest BCUT2D eigenvalue weighted by Crippen LogP contribution is 2.38. The number of hydrogen-bond donors (Lipinski definition) is 2. The summed E-state index contributed by atoms with van der Waals surface area (Å²) in [7, 11) is 0. The molecule has 13 heteroatoms. The van der Waals surface area contributed by atoms with Gasteiger partial charge in [-0.15, -0.1) is 11.3 Å².